The highest BCUT2D eigenvalue weighted by molar-refractivity contribution is 5.99. The van der Waals surface area contributed by atoms with Crippen LogP contribution in [0.25, 0.3) is 0 Å². The Morgan fingerprint density at radius 1 is 0.969 bits per heavy atom. The molecule has 1 aromatic heterocycles. The molecule has 0 atom stereocenters. The molecule has 3 aromatic rings. The van der Waals surface area contributed by atoms with Crippen molar-refractivity contribution in [1.29, 1.82) is 0 Å². The monoisotopic (exact) mass is 440 g/mol. The lowest BCUT2D eigenvalue weighted by Crippen LogP contribution is -2.19. The first-order chi connectivity index (χ1) is 15.5. The molecular weight excluding hydrogens is 418 g/mol. The molecule has 0 spiro atoms. The summed E-state index contributed by atoms with van der Waals surface area (Å²) in [7, 11) is 0. The average molecular weight is 440 g/mol. The molecule has 0 bridgehead atoms. The van der Waals surface area contributed by atoms with E-state index in [-0.39, 0.29) is 5.75 Å². The van der Waals surface area contributed by atoms with Gasteiger partial charge in [0, 0.05) is 42.3 Å². The summed E-state index contributed by atoms with van der Waals surface area (Å²) in [5.74, 6) is 0.601. The molecule has 4 rings (SSSR count). The smallest absolute Gasteiger partial charge is 0.387 e. The van der Waals surface area contributed by atoms with E-state index in [1.165, 1.54) is 31.0 Å². The molecule has 2 heterocycles. The van der Waals surface area contributed by atoms with Gasteiger partial charge in [-0.3, -0.25) is 0 Å². The summed E-state index contributed by atoms with van der Waals surface area (Å²) in [6.07, 6.45) is 4.13. The predicted octanol–water partition coefficient (Wildman–Crippen LogP) is 5.07. The molecule has 8 nitrogen and oxygen atoms in total. The van der Waals surface area contributed by atoms with Crippen molar-refractivity contribution >= 4 is 34.6 Å². The van der Waals surface area contributed by atoms with Crippen molar-refractivity contribution in [2.75, 3.05) is 33.9 Å². The molecule has 0 aliphatic carbocycles. The molecule has 1 fully saturated rings. The lowest BCUT2D eigenvalue weighted by molar-refractivity contribution is -0.0497. The summed E-state index contributed by atoms with van der Waals surface area (Å²) in [5, 5.41) is 16.7. The van der Waals surface area contributed by atoms with Crippen molar-refractivity contribution in [3.05, 3.63) is 60.8 Å². The summed E-state index contributed by atoms with van der Waals surface area (Å²) in [6, 6.07) is 14.3. The van der Waals surface area contributed by atoms with Crippen LogP contribution in [0.1, 0.15) is 12.8 Å². The minimum Gasteiger partial charge on any atom is -0.435 e. The Labute approximate surface area is 183 Å². The summed E-state index contributed by atoms with van der Waals surface area (Å²) in [4.78, 5) is 14.5. The number of halogens is 2. The fraction of sp³-hybridized carbons (Fsp3) is 0.227. The molecule has 0 radical (unpaired) electrons. The first kappa shape index (κ1) is 21.3. The predicted molar refractivity (Wildman–Crippen MR) is 119 cm³/mol. The minimum atomic E-state index is -2.93. The van der Waals surface area contributed by atoms with Gasteiger partial charge in [-0.2, -0.15) is 13.9 Å². The number of alkyl halides is 2. The van der Waals surface area contributed by atoms with E-state index in [0.717, 1.165) is 24.5 Å². The van der Waals surface area contributed by atoms with Gasteiger partial charge in [0.15, 0.2) is 5.82 Å². The number of hydrogen-bond donors (Lipinski definition) is 3. The maximum atomic E-state index is 12.3. The van der Waals surface area contributed by atoms with Gasteiger partial charge in [-0.25, -0.2) is 4.79 Å². The molecule has 2 aromatic carbocycles. The molecule has 166 valence electrons. The maximum absolute atomic E-state index is 12.3. The molecule has 10 heteroatoms. The van der Waals surface area contributed by atoms with Crippen LogP contribution < -0.4 is 25.6 Å². The van der Waals surface area contributed by atoms with Crippen molar-refractivity contribution in [1.82, 2.24) is 10.2 Å². The van der Waals surface area contributed by atoms with Crippen molar-refractivity contribution in [3.63, 3.8) is 0 Å². The number of hydrogen-bond acceptors (Lipinski definition) is 6. The van der Waals surface area contributed by atoms with Crippen LogP contribution in [0.5, 0.6) is 5.75 Å². The Hall–Kier alpha value is -3.95. The van der Waals surface area contributed by atoms with Crippen molar-refractivity contribution < 1.29 is 18.3 Å². The molecule has 1 aliphatic heterocycles. The van der Waals surface area contributed by atoms with Gasteiger partial charge >= 0.3 is 12.6 Å². The zero-order valence-corrected chi connectivity index (χ0v) is 17.1. The average Bonchev–Trinajstić information content (AvgIpc) is 3.30. The van der Waals surface area contributed by atoms with Crippen LogP contribution in [-0.4, -0.2) is 35.9 Å². The number of rotatable bonds is 7. The highest BCUT2D eigenvalue weighted by atomic mass is 19.3. The number of benzene rings is 2. The zero-order valence-electron chi connectivity index (χ0n) is 17.1. The third kappa shape index (κ3) is 5.81. The van der Waals surface area contributed by atoms with E-state index >= 15 is 0 Å². The van der Waals surface area contributed by atoms with Gasteiger partial charge in [0.2, 0.25) is 0 Å². The van der Waals surface area contributed by atoms with Crippen LogP contribution in [0.4, 0.5) is 42.1 Å². The van der Waals surface area contributed by atoms with E-state index in [2.05, 4.69) is 35.8 Å². The van der Waals surface area contributed by atoms with Gasteiger partial charge in [-0.15, -0.1) is 5.10 Å². The lowest BCUT2D eigenvalue weighted by Gasteiger charge is -2.17. The normalized spacial score (nSPS) is 13.2. The van der Waals surface area contributed by atoms with Crippen LogP contribution in [0, 0.1) is 0 Å². The van der Waals surface area contributed by atoms with Gasteiger partial charge in [0.1, 0.15) is 5.75 Å². The maximum Gasteiger partial charge on any atom is 0.387 e. The third-order valence-electron chi connectivity index (χ3n) is 4.84. The Balaban J connectivity index is 1.33. The van der Waals surface area contributed by atoms with Crippen LogP contribution in [-0.2, 0) is 0 Å². The summed E-state index contributed by atoms with van der Waals surface area (Å²) < 4.78 is 29.0. The van der Waals surface area contributed by atoms with Crippen molar-refractivity contribution in [2.45, 2.75) is 19.5 Å². The van der Waals surface area contributed by atoms with E-state index in [0.29, 0.717) is 17.2 Å². The summed E-state index contributed by atoms with van der Waals surface area (Å²) in [5.41, 5.74) is 2.72. The van der Waals surface area contributed by atoms with E-state index in [1.54, 1.807) is 36.5 Å². The second-order valence-corrected chi connectivity index (χ2v) is 7.18. The molecule has 1 saturated heterocycles. The van der Waals surface area contributed by atoms with Gasteiger partial charge in [-0.05, 0) is 49.2 Å². The Morgan fingerprint density at radius 3 is 2.44 bits per heavy atom. The highest BCUT2D eigenvalue weighted by Gasteiger charge is 2.13. The fourth-order valence-electron chi connectivity index (χ4n) is 3.39. The Kier molecular flexibility index (Phi) is 6.59. The van der Waals surface area contributed by atoms with Crippen LogP contribution in [0.15, 0.2) is 60.8 Å². The molecule has 32 heavy (non-hydrogen) atoms. The van der Waals surface area contributed by atoms with Gasteiger partial charge in [-0.1, -0.05) is 6.07 Å². The third-order valence-corrected chi connectivity index (χ3v) is 4.84. The summed E-state index contributed by atoms with van der Waals surface area (Å²) in [6.45, 7) is -0.881. The second kappa shape index (κ2) is 9.90. The number of amides is 2. The second-order valence-electron chi connectivity index (χ2n) is 7.18. The zero-order chi connectivity index (χ0) is 22.3. The molecule has 1 aliphatic rings. The SMILES string of the molecule is O=C(Nc1ccc(Nc2cc(N3CCCC3)cnn2)cc1)Nc1cccc(OC(F)F)c1. The highest BCUT2D eigenvalue weighted by Crippen LogP contribution is 2.24. The largest absolute Gasteiger partial charge is 0.435 e. The fourth-order valence-corrected chi connectivity index (χ4v) is 3.39. The molecule has 2 amide bonds. The minimum absolute atomic E-state index is 0.0369. The van der Waals surface area contributed by atoms with Crippen molar-refractivity contribution in [3.8, 4) is 5.75 Å². The number of urea groups is 1. The number of nitrogens with one attached hydrogen (secondary N) is 3. The van der Waals surface area contributed by atoms with Gasteiger partial charge in [0.25, 0.3) is 0 Å². The lowest BCUT2D eigenvalue weighted by atomic mass is 10.2. The van der Waals surface area contributed by atoms with Gasteiger partial charge in [0.05, 0.1) is 11.9 Å². The first-order valence-corrected chi connectivity index (χ1v) is 10.1. The Morgan fingerprint density at radius 2 is 1.69 bits per heavy atom. The number of ether oxygens (including phenoxy) is 1. The van der Waals surface area contributed by atoms with E-state index in [1.807, 2.05) is 6.07 Å². The standard InChI is InChI=1S/C22H22F2N6O2/c23-21(24)32-19-5-3-4-17(12-19)28-22(31)27-16-8-6-15(7-9-16)26-20-13-18(14-25-29-20)30-10-1-2-11-30/h3-9,12-14,21H,1-2,10-11H2,(H,26,29)(H2,27,28,31). The molecule has 3 N–H and O–H groups in total. The van der Waals surface area contributed by atoms with Crippen LogP contribution >= 0.6 is 0 Å². The number of carbonyl (C=O) groups excluding carboxylic acids is 1. The number of nitrogens with zero attached hydrogens (tertiary/aromatic N) is 3. The number of carbonyl (C=O) groups is 1. The topological polar surface area (TPSA) is 91.4 Å². The first-order valence-electron chi connectivity index (χ1n) is 10.1. The van der Waals surface area contributed by atoms with E-state index in [4.69, 9.17) is 0 Å². The summed E-state index contributed by atoms with van der Waals surface area (Å²) >= 11 is 0. The molecule has 0 unspecified atom stereocenters. The molecule has 0 saturated carbocycles. The quantitative estimate of drug-likeness (QED) is 0.475. The van der Waals surface area contributed by atoms with E-state index < -0.39 is 12.6 Å². The molecular formula is C22H22F2N6O2. The number of anilines is 5. The van der Waals surface area contributed by atoms with Crippen molar-refractivity contribution in [2.24, 2.45) is 0 Å². The van der Waals surface area contributed by atoms with Crippen LogP contribution in [0.3, 0.4) is 0 Å². The Bertz CT molecular complexity index is 1060. The number of aromatic nitrogens is 2. The van der Waals surface area contributed by atoms with Gasteiger partial charge < -0.3 is 25.6 Å². The van der Waals surface area contributed by atoms with Crippen LogP contribution in [0.2, 0.25) is 0 Å². The van der Waals surface area contributed by atoms with E-state index in [9.17, 15) is 13.6 Å².